The Morgan fingerprint density at radius 2 is 1.86 bits per heavy atom. The van der Waals surface area contributed by atoms with E-state index in [1.807, 2.05) is 12.1 Å². The van der Waals surface area contributed by atoms with E-state index in [9.17, 15) is 9.59 Å². The van der Waals surface area contributed by atoms with Crippen LogP contribution < -0.4 is 11.1 Å². The molecule has 120 valence electrons. The molecule has 1 aromatic rings. The molecular formula is C17H25N3O2. The van der Waals surface area contributed by atoms with E-state index in [-0.39, 0.29) is 5.91 Å². The first-order valence-electron chi connectivity index (χ1n) is 7.96. The quantitative estimate of drug-likeness (QED) is 0.804. The van der Waals surface area contributed by atoms with Gasteiger partial charge in [0.2, 0.25) is 11.8 Å². The summed E-state index contributed by atoms with van der Waals surface area (Å²) in [5.74, 6) is -0.364. The van der Waals surface area contributed by atoms with Gasteiger partial charge in [-0.25, -0.2) is 0 Å². The molecule has 3 N–H and O–H groups in total. The second-order valence-corrected chi connectivity index (χ2v) is 5.97. The summed E-state index contributed by atoms with van der Waals surface area (Å²) in [6.45, 7) is 5.00. The molecule has 1 aliphatic heterocycles. The molecule has 1 atom stereocenters. The molecule has 0 aromatic heterocycles. The van der Waals surface area contributed by atoms with E-state index in [1.165, 1.54) is 12.8 Å². The third-order valence-electron chi connectivity index (χ3n) is 4.28. The molecule has 5 nitrogen and oxygen atoms in total. The number of primary amides is 1. The normalized spacial score (nSPS) is 16.4. The third kappa shape index (κ3) is 4.84. The Morgan fingerprint density at radius 3 is 2.45 bits per heavy atom. The number of hydrogen-bond acceptors (Lipinski definition) is 3. The van der Waals surface area contributed by atoms with E-state index < -0.39 is 5.91 Å². The summed E-state index contributed by atoms with van der Waals surface area (Å²) in [5, 5.41) is 2.92. The van der Waals surface area contributed by atoms with Crippen LogP contribution in [0.15, 0.2) is 24.3 Å². The molecule has 1 saturated heterocycles. The molecule has 1 aromatic carbocycles. The van der Waals surface area contributed by atoms with E-state index in [4.69, 9.17) is 5.73 Å². The van der Waals surface area contributed by atoms with Crippen molar-refractivity contribution in [1.82, 2.24) is 10.2 Å². The van der Waals surface area contributed by atoms with Crippen LogP contribution >= 0.6 is 0 Å². The Kier molecular flexibility index (Phi) is 5.95. The van der Waals surface area contributed by atoms with Crippen LogP contribution in [0, 0.1) is 0 Å². The van der Waals surface area contributed by atoms with Crippen LogP contribution in [0.2, 0.25) is 0 Å². The topological polar surface area (TPSA) is 75.4 Å². The van der Waals surface area contributed by atoms with Crippen LogP contribution in [-0.2, 0) is 11.3 Å². The summed E-state index contributed by atoms with van der Waals surface area (Å²) in [6.07, 6.45) is 4.00. The molecule has 1 fully saturated rings. The Balaban J connectivity index is 1.69. The lowest BCUT2D eigenvalue weighted by molar-refractivity contribution is -0.121. The summed E-state index contributed by atoms with van der Waals surface area (Å²) >= 11 is 0. The zero-order chi connectivity index (χ0) is 15.9. The fraction of sp³-hybridized carbons (Fsp3) is 0.529. The second kappa shape index (κ2) is 7.94. The first-order valence-corrected chi connectivity index (χ1v) is 7.96. The van der Waals surface area contributed by atoms with Crippen molar-refractivity contribution in [1.29, 1.82) is 0 Å². The van der Waals surface area contributed by atoms with Crippen LogP contribution in [0.3, 0.4) is 0 Å². The number of hydrogen-bond donors (Lipinski definition) is 2. The summed E-state index contributed by atoms with van der Waals surface area (Å²) in [5.41, 5.74) is 6.64. The van der Waals surface area contributed by atoms with Crippen LogP contribution in [0.4, 0.5) is 0 Å². The molecule has 5 heteroatoms. The highest BCUT2D eigenvalue weighted by molar-refractivity contribution is 5.92. The van der Waals surface area contributed by atoms with Gasteiger partial charge in [0.25, 0.3) is 0 Å². The number of nitrogens with two attached hydrogens (primary N) is 1. The lowest BCUT2D eigenvalue weighted by Crippen LogP contribution is -2.32. The van der Waals surface area contributed by atoms with Crippen molar-refractivity contribution in [2.24, 2.45) is 5.73 Å². The molecule has 0 spiro atoms. The largest absolute Gasteiger partial charge is 0.366 e. The zero-order valence-electron chi connectivity index (χ0n) is 13.2. The van der Waals surface area contributed by atoms with Gasteiger partial charge < -0.3 is 16.0 Å². The van der Waals surface area contributed by atoms with Gasteiger partial charge in [-0.1, -0.05) is 12.1 Å². The highest BCUT2D eigenvalue weighted by Crippen LogP contribution is 2.14. The van der Waals surface area contributed by atoms with Crippen LogP contribution in [0.25, 0.3) is 0 Å². The number of carbonyl (C=O) groups is 2. The smallest absolute Gasteiger partial charge is 0.248 e. The number of rotatable bonds is 7. The zero-order valence-corrected chi connectivity index (χ0v) is 13.2. The predicted molar refractivity (Wildman–Crippen MR) is 86.3 cm³/mol. The van der Waals surface area contributed by atoms with Gasteiger partial charge in [0.05, 0.1) is 0 Å². The molecule has 22 heavy (non-hydrogen) atoms. The van der Waals surface area contributed by atoms with Gasteiger partial charge in [-0.05, 0) is 57.0 Å². The number of nitrogens with one attached hydrogen (secondary N) is 1. The molecule has 2 rings (SSSR count). The Morgan fingerprint density at radius 1 is 1.23 bits per heavy atom. The van der Waals surface area contributed by atoms with Gasteiger partial charge in [-0.3, -0.25) is 9.59 Å². The van der Waals surface area contributed by atoms with Crippen molar-refractivity contribution >= 4 is 11.8 Å². The van der Waals surface area contributed by atoms with Gasteiger partial charge in [0.1, 0.15) is 0 Å². The van der Waals surface area contributed by atoms with Crippen molar-refractivity contribution in [3.63, 3.8) is 0 Å². The molecular weight excluding hydrogens is 278 g/mol. The molecule has 2 amide bonds. The first kappa shape index (κ1) is 16.5. The fourth-order valence-electron chi connectivity index (χ4n) is 2.78. The van der Waals surface area contributed by atoms with Gasteiger partial charge in [0.15, 0.2) is 0 Å². The first-order chi connectivity index (χ1) is 10.6. The van der Waals surface area contributed by atoms with Crippen molar-refractivity contribution < 1.29 is 9.59 Å². The average molecular weight is 303 g/mol. The van der Waals surface area contributed by atoms with Crippen molar-refractivity contribution in [2.75, 3.05) is 13.1 Å². The van der Waals surface area contributed by atoms with Crippen LogP contribution in [-0.4, -0.2) is 35.8 Å². The highest BCUT2D eigenvalue weighted by atomic mass is 16.1. The van der Waals surface area contributed by atoms with E-state index in [2.05, 4.69) is 17.1 Å². The molecule has 0 saturated carbocycles. The van der Waals surface area contributed by atoms with E-state index in [1.54, 1.807) is 12.1 Å². The maximum atomic E-state index is 11.9. The lowest BCUT2D eigenvalue weighted by atomic mass is 10.1. The van der Waals surface area contributed by atoms with Crippen molar-refractivity contribution in [2.45, 2.75) is 45.2 Å². The summed E-state index contributed by atoms with van der Waals surface area (Å²) in [4.78, 5) is 25.3. The standard InChI is InChI=1S/C17H25N3O2/c1-13(20-10-2-3-11-20)4-9-16(21)19-12-14-5-7-15(8-6-14)17(18)22/h5-8,13H,2-4,9-12H2,1H3,(H2,18,22)(H,19,21)/t13-/m1/s1. The minimum atomic E-state index is -0.438. The molecule has 1 aliphatic rings. The van der Waals surface area contributed by atoms with Gasteiger partial charge in [-0.2, -0.15) is 0 Å². The van der Waals surface area contributed by atoms with Gasteiger partial charge in [0, 0.05) is 24.6 Å². The van der Waals surface area contributed by atoms with Crippen molar-refractivity contribution in [3.05, 3.63) is 35.4 Å². The molecule has 0 unspecified atom stereocenters. The third-order valence-corrected chi connectivity index (χ3v) is 4.28. The van der Waals surface area contributed by atoms with E-state index in [0.29, 0.717) is 24.6 Å². The number of carbonyl (C=O) groups excluding carboxylic acids is 2. The van der Waals surface area contributed by atoms with Gasteiger partial charge >= 0.3 is 0 Å². The molecule has 0 aliphatic carbocycles. The molecule has 0 radical (unpaired) electrons. The minimum absolute atomic E-state index is 0.0741. The highest BCUT2D eigenvalue weighted by Gasteiger charge is 2.18. The molecule has 0 bridgehead atoms. The second-order valence-electron chi connectivity index (χ2n) is 5.97. The number of benzene rings is 1. The lowest BCUT2D eigenvalue weighted by Gasteiger charge is -2.23. The predicted octanol–water partition coefficient (Wildman–Crippen LogP) is 1.67. The summed E-state index contributed by atoms with van der Waals surface area (Å²) in [7, 11) is 0. The average Bonchev–Trinajstić information content (AvgIpc) is 3.05. The summed E-state index contributed by atoms with van der Waals surface area (Å²) < 4.78 is 0. The minimum Gasteiger partial charge on any atom is -0.366 e. The SMILES string of the molecule is C[C@H](CCC(=O)NCc1ccc(C(N)=O)cc1)N1CCCC1. The van der Waals surface area contributed by atoms with Crippen molar-refractivity contribution in [3.8, 4) is 0 Å². The van der Waals surface area contributed by atoms with Crippen LogP contribution in [0.5, 0.6) is 0 Å². The maximum Gasteiger partial charge on any atom is 0.248 e. The fourth-order valence-corrected chi connectivity index (χ4v) is 2.78. The summed E-state index contributed by atoms with van der Waals surface area (Å²) in [6, 6.07) is 7.46. The monoisotopic (exact) mass is 303 g/mol. The Hall–Kier alpha value is -1.88. The number of amides is 2. The number of likely N-dealkylation sites (tertiary alicyclic amines) is 1. The van der Waals surface area contributed by atoms with E-state index in [0.717, 1.165) is 25.1 Å². The Labute approximate surface area is 131 Å². The number of nitrogens with zero attached hydrogens (tertiary/aromatic N) is 1. The maximum absolute atomic E-state index is 11.9. The van der Waals surface area contributed by atoms with E-state index >= 15 is 0 Å². The molecule has 1 heterocycles. The van der Waals surface area contributed by atoms with Gasteiger partial charge in [-0.15, -0.1) is 0 Å². The van der Waals surface area contributed by atoms with Crippen LogP contribution in [0.1, 0.15) is 48.5 Å². The Bertz CT molecular complexity index is 507.